The molecule has 0 aliphatic heterocycles. The van der Waals surface area contributed by atoms with Crippen molar-refractivity contribution in [3.63, 3.8) is 0 Å². The third-order valence-electron chi connectivity index (χ3n) is 3.27. The zero-order valence-electron chi connectivity index (χ0n) is 10.4. The molecule has 1 amide bonds. The van der Waals surface area contributed by atoms with Gasteiger partial charge in [0.15, 0.2) is 0 Å². The minimum Gasteiger partial charge on any atom is -0.328 e. The first-order chi connectivity index (χ1) is 8.56. The molecule has 1 aromatic carbocycles. The molecule has 1 saturated carbocycles. The van der Waals surface area contributed by atoms with Crippen LogP contribution in [0.1, 0.15) is 25.7 Å². The summed E-state index contributed by atoms with van der Waals surface area (Å²) >= 11 is 3.10. The Morgan fingerprint density at radius 2 is 2.16 bits per heavy atom. The van der Waals surface area contributed by atoms with Crippen molar-refractivity contribution in [2.75, 3.05) is 5.32 Å². The highest BCUT2D eigenvalue weighted by Crippen LogP contribution is 2.25. The minimum absolute atomic E-state index is 0. The van der Waals surface area contributed by atoms with Gasteiger partial charge in [-0.1, -0.05) is 6.42 Å². The topological polar surface area (TPSA) is 55.1 Å². The SMILES string of the molecule is Cl.NC1CCCC(C(=O)Nc2ccc(F)c(Br)c2)C1. The molecule has 2 unspecified atom stereocenters. The zero-order chi connectivity index (χ0) is 13.1. The van der Waals surface area contributed by atoms with Gasteiger partial charge >= 0.3 is 0 Å². The minimum atomic E-state index is -0.340. The van der Waals surface area contributed by atoms with Crippen LogP contribution in [0, 0.1) is 11.7 Å². The van der Waals surface area contributed by atoms with E-state index in [0.29, 0.717) is 10.2 Å². The molecule has 19 heavy (non-hydrogen) atoms. The van der Waals surface area contributed by atoms with Crippen LogP contribution in [0.15, 0.2) is 22.7 Å². The molecule has 1 aromatic rings. The number of hydrogen-bond donors (Lipinski definition) is 2. The van der Waals surface area contributed by atoms with Gasteiger partial charge in [0, 0.05) is 17.6 Å². The van der Waals surface area contributed by atoms with Crippen LogP contribution in [0.3, 0.4) is 0 Å². The van der Waals surface area contributed by atoms with E-state index in [9.17, 15) is 9.18 Å². The summed E-state index contributed by atoms with van der Waals surface area (Å²) in [5, 5.41) is 2.81. The molecular weight excluding hydrogens is 335 g/mol. The molecule has 1 fully saturated rings. The van der Waals surface area contributed by atoms with E-state index >= 15 is 0 Å². The highest BCUT2D eigenvalue weighted by atomic mass is 79.9. The monoisotopic (exact) mass is 350 g/mol. The number of benzene rings is 1. The fraction of sp³-hybridized carbons (Fsp3) is 0.462. The number of hydrogen-bond acceptors (Lipinski definition) is 2. The number of carbonyl (C=O) groups is 1. The third-order valence-corrected chi connectivity index (χ3v) is 3.88. The van der Waals surface area contributed by atoms with Gasteiger partial charge in [0.2, 0.25) is 5.91 Å². The van der Waals surface area contributed by atoms with E-state index in [4.69, 9.17) is 5.73 Å². The predicted octanol–water partition coefficient (Wildman–Crippen LogP) is 3.47. The standard InChI is InChI=1S/C13H16BrFN2O.ClH/c14-11-7-10(4-5-12(11)15)17-13(18)8-2-1-3-9(16)6-8;/h4-5,7-9H,1-3,6,16H2,(H,17,18);1H. The summed E-state index contributed by atoms with van der Waals surface area (Å²) < 4.78 is 13.4. The Kier molecular flexibility index (Phi) is 6.23. The first kappa shape index (κ1) is 16.4. The summed E-state index contributed by atoms with van der Waals surface area (Å²) in [4.78, 5) is 12.0. The van der Waals surface area contributed by atoms with Crippen LogP contribution >= 0.6 is 28.3 Å². The van der Waals surface area contributed by atoms with Gasteiger partial charge in [-0.2, -0.15) is 0 Å². The van der Waals surface area contributed by atoms with Crippen LogP contribution in [-0.2, 0) is 4.79 Å². The van der Waals surface area contributed by atoms with Gasteiger partial charge in [0.25, 0.3) is 0 Å². The van der Waals surface area contributed by atoms with Gasteiger partial charge in [-0.15, -0.1) is 12.4 Å². The van der Waals surface area contributed by atoms with Gasteiger partial charge in [-0.25, -0.2) is 4.39 Å². The first-order valence-electron chi connectivity index (χ1n) is 6.08. The Bertz CT molecular complexity index is 458. The smallest absolute Gasteiger partial charge is 0.227 e. The molecule has 0 bridgehead atoms. The fourth-order valence-corrected chi connectivity index (χ4v) is 2.66. The maximum absolute atomic E-state index is 13.1. The largest absolute Gasteiger partial charge is 0.328 e. The Balaban J connectivity index is 0.00000180. The Morgan fingerprint density at radius 3 is 2.79 bits per heavy atom. The van der Waals surface area contributed by atoms with Crippen LogP contribution in [0.2, 0.25) is 0 Å². The van der Waals surface area contributed by atoms with Crippen molar-refractivity contribution in [2.24, 2.45) is 11.7 Å². The number of amides is 1. The average molecular weight is 352 g/mol. The Hall–Kier alpha value is -0.650. The molecule has 2 rings (SSSR count). The van der Waals surface area contributed by atoms with Crippen LogP contribution < -0.4 is 11.1 Å². The second kappa shape index (κ2) is 7.22. The van der Waals surface area contributed by atoms with Crippen molar-refractivity contribution in [1.82, 2.24) is 0 Å². The van der Waals surface area contributed by atoms with Crippen molar-refractivity contribution in [2.45, 2.75) is 31.7 Å². The molecule has 0 aromatic heterocycles. The third kappa shape index (κ3) is 4.44. The molecule has 1 aliphatic carbocycles. The molecule has 2 atom stereocenters. The molecular formula is C13H17BrClFN2O. The molecule has 6 heteroatoms. The predicted molar refractivity (Wildman–Crippen MR) is 79.9 cm³/mol. The highest BCUT2D eigenvalue weighted by Gasteiger charge is 2.25. The van der Waals surface area contributed by atoms with Crippen LogP contribution in [-0.4, -0.2) is 11.9 Å². The molecule has 1 aliphatic rings. The van der Waals surface area contributed by atoms with Crippen molar-refractivity contribution >= 4 is 39.9 Å². The van der Waals surface area contributed by atoms with Crippen molar-refractivity contribution in [3.05, 3.63) is 28.5 Å². The molecule has 3 N–H and O–H groups in total. The lowest BCUT2D eigenvalue weighted by molar-refractivity contribution is -0.120. The van der Waals surface area contributed by atoms with Crippen molar-refractivity contribution in [1.29, 1.82) is 0 Å². The van der Waals surface area contributed by atoms with Gasteiger partial charge in [-0.3, -0.25) is 4.79 Å². The van der Waals surface area contributed by atoms with Crippen LogP contribution in [0.4, 0.5) is 10.1 Å². The summed E-state index contributed by atoms with van der Waals surface area (Å²) in [6.07, 6.45) is 3.59. The lowest BCUT2D eigenvalue weighted by atomic mass is 9.85. The molecule has 0 spiro atoms. The number of nitrogens with two attached hydrogens (primary N) is 1. The summed E-state index contributed by atoms with van der Waals surface area (Å²) in [6.45, 7) is 0. The number of nitrogens with one attached hydrogen (secondary N) is 1. The first-order valence-corrected chi connectivity index (χ1v) is 6.87. The van der Waals surface area contributed by atoms with Crippen molar-refractivity contribution in [3.8, 4) is 0 Å². The summed E-state index contributed by atoms with van der Waals surface area (Å²) in [5.74, 6) is -0.395. The fourth-order valence-electron chi connectivity index (χ4n) is 2.28. The van der Waals surface area contributed by atoms with E-state index in [1.165, 1.54) is 6.07 Å². The van der Waals surface area contributed by atoms with Crippen LogP contribution in [0.25, 0.3) is 0 Å². The highest BCUT2D eigenvalue weighted by molar-refractivity contribution is 9.10. The average Bonchev–Trinajstić information content (AvgIpc) is 2.34. The normalized spacial score (nSPS) is 22.5. The number of carbonyl (C=O) groups excluding carboxylic acids is 1. The molecule has 3 nitrogen and oxygen atoms in total. The molecule has 0 heterocycles. The van der Waals surface area contributed by atoms with Gasteiger partial charge in [-0.05, 0) is 53.4 Å². The number of rotatable bonds is 2. The summed E-state index contributed by atoms with van der Waals surface area (Å²) in [5.41, 5.74) is 6.47. The van der Waals surface area contributed by atoms with Gasteiger partial charge < -0.3 is 11.1 Å². The van der Waals surface area contributed by atoms with Gasteiger partial charge in [0.05, 0.1) is 4.47 Å². The molecule has 106 valence electrons. The lowest BCUT2D eigenvalue weighted by Crippen LogP contribution is -2.34. The molecule has 0 saturated heterocycles. The van der Waals surface area contributed by atoms with Gasteiger partial charge in [0.1, 0.15) is 5.82 Å². The second-order valence-electron chi connectivity index (χ2n) is 4.74. The van der Waals surface area contributed by atoms with E-state index in [-0.39, 0.29) is 36.1 Å². The van der Waals surface area contributed by atoms with E-state index in [0.717, 1.165) is 25.7 Å². The summed E-state index contributed by atoms with van der Waals surface area (Å²) in [7, 11) is 0. The van der Waals surface area contributed by atoms with E-state index < -0.39 is 0 Å². The lowest BCUT2D eigenvalue weighted by Gasteiger charge is -2.25. The number of halogens is 3. The maximum atomic E-state index is 13.1. The van der Waals surface area contributed by atoms with E-state index in [1.807, 2.05) is 0 Å². The van der Waals surface area contributed by atoms with E-state index in [1.54, 1.807) is 12.1 Å². The Labute approximate surface area is 126 Å². The zero-order valence-corrected chi connectivity index (χ0v) is 12.8. The number of anilines is 1. The summed E-state index contributed by atoms with van der Waals surface area (Å²) in [6, 6.07) is 4.57. The van der Waals surface area contributed by atoms with E-state index in [2.05, 4.69) is 21.2 Å². The second-order valence-corrected chi connectivity index (χ2v) is 5.60. The van der Waals surface area contributed by atoms with Crippen LogP contribution in [0.5, 0.6) is 0 Å². The maximum Gasteiger partial charge on any atom is 0.227 e. The molecule has 0 radical (unpaired) electrons. The quantitative estimate of drug-likeness (QED) is 0.857. The van der Waals surface area contributed by atoms with Crippen molar-refractivity contribution < 1.29 is 9.18 Å². The Morgan fingerprint density at radius 1 is 1.42 bits per heavy atom.